The lowest BCUT2D eigenvalue weighted by atomic mass is 10.2. The van der Waals surface area contributed by atoms with Crippen LogP contribution in [0.15, 0.2) is 58.0 Å². The van der Waals surface area contributed by atoms with Gasteiger partial charge in [0, 0.05) is 38.4 Å². The number of carbonyl (C=O) groups excluding carboxylic acids is 1. The number of carbonyl (C=O) groups is 1. The molecule has 0 aliphatic heterocycles. The van der Waals surface area contributed by atoms with E-state index in [-0.39, 0.29) is 32.0 Å². The molecule has 0 bridgehead atoms. The number of aromatic nitrogens is 2. The Labute approximate surface area is 144 Å². The van der Waals surface area contributed by atoms with Crippen LogP contribution in [0.4, 0.5) is 0 Å². The molecule has 7 nitrogen and oxygen atoms in total. The lowest BCUT2D eigenvalue weighted by molar-refractivity contribution is -0.132. The molecule has 0 fully saturated rings. The second kappa shape index (κ2) is 7.76. The minimum absolute atomic E-state index is 0.124. The number of aliphatic hydroxyl groups excluding tert-OH is 1. The monoisotopic (exact) mass is 341 g/mol. The summed E-state index contributed by atoms with van der Waals surface area (Å²) in [7, 11) is 0. The van der Waals surface area contributed by atoms with Gasteiger partial charge in [-0.25, -0.2) is 4.79 Å². The van der Waals surface area contributed by atoms with Crippen molar-refractivity contribution in [2.45, 2.75) is 19.5 Å². The van der Waals surface area contributed by atoms with Gasteiger partial charge in [0.05, 0.1) is 12.1 Å². The van der Waals surface area contributed by atoms with Crippen molar-refractivity contribution in [3.8, 4) is 0 Å². The van der Waals surface area contributed by atoms with Crippen LogP contribution in [-0.2, 0) is 17.9 Å². The maximum absolute atomic E-state index is 12.5. The van der Waals surface area contributed by atoms with Crippen LogP contribution in [0.3, 0.4) is 0 Å². The Kier molecular flexibility index (Phi) is 5.25. The van der Waals surface area contributed by atoms with Gasteiger partial charge in [0.25, 0.3) is 0 Å². The van der Waals surface area contributed by atoms with Gasteiger partial charge in [0.2, 0.25) is 5.91 Å². The van der Waals surface area contributed by atoms with Crippen molar-refractivity contribution in [3.05, 3.63) is 64.9 Å². The van der Waals surface area contributed by atoms with E-state index in [2.05, 4.69) is 4.98 Å². The first-order valence-electron chi connectivity index (χ1n) is 8.05. The van der Waals surface area contributed by atoms with E-state index in [0.29, 0.717) is 17.6 Å². The molecular weight excluding hydrogens is 322 g/mol. The van der Waals surface area contributed by atoms with E-state index < -0.39 is 5.76 Å². The number of benzene rings is 1. The SMILES string of the molecule is O=C(CCn1c(=O)oc2ccccc21)N(CCO)Cc1cccnc1. The molecule has 1 aromatic carbocycles. The standard InChI is InChI=1S/C18H19N3O4/c22-11-10-20(13-14-4-3-8-19-12-14)17(23)7-9-21-15-5-1-2-6-16(15)25-18(21)24/h1-6,8,12,22H,7,9-11,13H2. The molecular formula is C18H19N3O4. The van der Waals surface area contributed by atoms with Crippen molar-refractivity contribution in [3.63, 3.8) is 0 Å². The first kappa shape index (κ1) is 16.9. The van der Waals surface area contributed by atoms with Crippen LogP contribution >= 0.6 is 0 Å². The van der Waals surface area contributed by atoms with Gasteiger partial charge in [-0.2, -0.15) is 0 Å². The highest BCUT2D eigenvalue weighted by Gasteiger charge is 2.16. The van der Waals surface area contributed by atoms with Gasteiger partial charge in [0.1, 0.15) is 0 Å². The lowest BCUT2D eigenvalue weighted by Crippen LogP contribution is -2.34. The number of hydrogen-bond donors (Lipinski definition) is 1. The van der Waals surface area contributed by atoms with Crippen LogP contribution in [-0.4, -0.2) is 38.6 Å². The van der Waals surface area contributed by atoms with Crippen molar-refractivity contribution in [1.29, 1.82) is 0 Å². The highest BCUT2D eigenvalue weighted by molar-refractivity contribution is 5.77. The summed E-state index contributed by atoms with van der Waals surface area (Å²) >= 11 is 0. The van der Waals surface area contributed by atoms with Crippen molar-refractivity contribution in [2.24, 2.45) is 0 Å². The fourth-order valence-electron chi connectivity index (χ4n) is 2.72. The number of aryl methyl sites for hydroxylation is 1. The van der Waals surface area contributed by atoms with E-state index in [0.717, 1.165) is 5.56 Å². The molecule has 0 aliphatic rings. The summed E-state index contributed by atoms with van der Waals surface area (Å²) in [5.74, 6) is -0.620. The zero-order valence-electron chi connectivity index (χ0n) is 13.7. The highest BCUT2D eigenvalue weighted by Crippen LogP contribution is 2.13. The average molecular weight is 341 g/mol. The molecule has 0 atom stereocenters. The number of para-hydroxylation sites is 2. The number of fused-ring (bicyclic) bond motifs is 1. The highest BCUT2D eigenvalue weighted by atomic mass is 16.4. The summed E-state index contributed by atoms with van der Waals surface area (Å²) in [6.45, 7) is 0.702. The van der Waals surface area contributed by atoms with Crippen molar-refractivity contribution >= 4 is 17.0 Å². The Bertz CT molecular complexity index is 901. The van der Waals surface area contributed by atoms with Crippen molar-refractivity contribution in [1.82, 2.24) is 14.5 Å². The molecule has 0 spiro atoms. The van der Waals surface area contributed by atoms with Gasteiger partial charge in [-0.3, -0.25) is 14.3 Å². The second-order valence-electron chi connectivity index (χ2n) is 5.64. The Balaban J connectivity index is 1.70. The van der Waals surface area contributed by atoms with E-state index in [9.17, 15) is 14.7 Å². The molecule has 0 aliphatic carbocycles. The van der Waals surface area contributed by atoms with E-state index >= 15 is 0 Å². The quantitative estimate of drug-likeness (QED) is 0.702. The zero-order chi connectivity index (χ0) is 17.6. The third-order valence-corrected chi connectivity index (χ3v) is 3.94. The smallest absolute Gasteiger partial charge is 0.408 e. The normalized spacial score (nSPS) is 10.9. The molecule has 3 rings (SSSR count). The number of oxazole rings is 1. The third kappa shape index (κ3) is 3.95. The van der Waals surface area contributed by atoms with Crippen LogP contribution in [0.1, 0.15) is 12.0 Å². The minimum Gasteiger partial charge on any atom is -0.408 e. The number of pyridine rings is 1. The van der Waals surface area contributed by atoms with E-state index in [4.69, 9.17) is 4.42 Å². The Morgan fingerprint density at radius 1 is 1.24 bits per heavy atom. The molecule has 2 aromatic heterocycles. The van der Waals surface area contributed by atoms with Gasteiger partial charge < -0.3 is 14.4 Å². The van der Waals surface area contributed by atoms with Gasteiger partial charge >= 0.3 is 5.76 Å². The molecule has 25 heavy (non-hydrogen) atoms. The molecule has 2 heterocycles. The molecule has 0 saturated heterocycles. The topological polar surface area (TPSA) is 88.6 Å². The average Bonchev–Trinajstić information content (AvgIpc) is 2.95. The minimum atomic E-state index is -0.477. The molecule has 0 saturated carbocycles. The Hall–Kier alpha value is -2.93. The summed E-state index contributed by atoms with van der Waals surface area (Å²) in [5, 5.41) is 9.22. The number of hydrogen-bond acceptors (Lipinski definition) is 5. The third-order valence-electron chi connectivity index (χ3n) is 3.94. The molecule has 7 heteroatoms. The first-order valence-corrected chi connectivity index (χ1v) is 8.05. The van der Waals surface area contributed by atoms with Gasteiger partial charge in [-0.05, 0) is 23.8 Å². The predicted molar refractivity (Wildman–Crippen MR) is 91.8 cm³/mol. The number of amides is 1. The molecule has 0 unspecified atom stereocenters. The van der Waals surface area contributed by atoms with Gasteiger partial charge in [-0.1, -0.05) is 18.2 Å². The van der Waals surface area contributed by atoms with E-state index in [1.807, 2.05) is 12.1 Å². The first-order chi connectivity index (χ1) is 12.2. The van der Waals surface area contributed by atoms with E-state index in [1.165, 1.54) is 4.57 Å². The molecule has 1 amide bonds. The summed E-state index contributed by atoms with van der Waals surface area (Å²) < 4.78 is 6.62. The fourth-order valence-corrected chi connectivity index (χ4v) is 2.72. The van der Waals surface area contributed by atoms with Crippen LogP contribution < -0.4 is 5.76 Å². The van der Waals surface area contributed by atoms with Crippen LogP contribution in [0.2, 0.25) is 0 Å². The summed E-state index contributed by atoms with van der Waals surface area (Å²) in [6, 6.07) is 10.8. The molecule has 1 N–H and O–H groups in total. The number of aliphatic hydroxyl groups is 1. The van der Waals surface area contributed by atoms with Crippen molar-refractivity contribution < 1.29 is 14.3 Å². The maximum Gasteiger partial charge on any atom is 0.419 e. The Morgan fingerprint density at radius 3 is 2.84 bits per heavy atom. The molecule has 130 valence electrons. The predicted octanol–water partition coefficient (Wildman–Crippen LogP) is 1.40. The number of rotatable bonds is 7. The summed E-state index contributed by atoms with van der Waals surface area (Å²) in [5.41, 5.74) is 2.05. The number of nitrogens with zero attached hydrogens (tertiary/aromatic N) is 3. The fraction of sp³-hybridized carbons (Fsp3) is 0.278. The summed E-state index contributed by atoms with van der Waals surface area (Å²) in [6.07, 6.45) is 3.49. The second-order valence-corrected chi connectivity index (χ2v) is 5.64. The molecule has 0 radical (unpaired) electrons. The van der Waals surface area contributed by atoms with Crippen LogP contribution in [0.5, 0.6) is 0 Å². The molecule has 3 aromatic rings. The Morgan fingerprint density at radius 2 is 2.08 bits per heavy atom. The van der Waals surface area contributed by atoms with Crippen molar-refractivity contribution in [2.75, 3.05) is 13.2 Å². The van der Waals surface area contributed by atoms with Crippen LogP contribution in [0, 0.1) is 0 Å². The van der Waals surface area contributed by atoms with Crippen LogP contribution in [0.25, 0.3) is 11.1 Å². The zero-order valence-corrected chi connectivity index (χ0v) is 13.7. The van der Waals surface area contributed by atoms with Gasteiger partial charge in [0.15, 0.2) is 5.58 Å². The maximum atomic E-state index is 12.5. The van der Waals surface area contributed by atoms with E-state index in [1.54, 1.807) is 41.6 Å². The summed E-state index contributed by atoms with van der Waals surface area (Å²) in [4.78, 5) is 30.1. The lowest BCUT2D eigenvalue weighted by Gasteiger charge is -2.21. The largest absolute Gasteiger partial charge is 0.419 e. The van der Waals surface area contributed by atoms with Gasteiger partial charge in [-0.15, -0.1) is 0 Å².